The van der Waals surface area contributed by atoms with E-state index in [4.69, 9.17) is 4.74 Å². The molecule has 0 saturated carbocycles. The van der Waals surface area contributed by atoms with E-state index in [-0.39, 0.29) is 18.0 Å². The Kier molecular flexibility index (Phi) is 7.97. The van der Waals surface area contributed by atoms with E-state index < -0.39 is 22.1 Å². The van der Waals surface area contributed by atoms with Crippen LogP contribution in [-0.4, -0.2) is 45.0 Å². The Bertz CT molecular complexity index is 952. The average molecular weight is 417 g/mol. The lowest BCUT2D eigenvalue weighted by Crippen LogP contribution is -2.37. The molecule has 0 heterocycles. The smallest absolute Gasteiger partial charge is 0.423 e. The van der Waals surface area contributed by atoms with Gasteiger partial charge in [-0.2, -0.15) is 4.31 Å². The van der Waals surface area contributed by atoms with Crippen molar-refractivity contribution in [2.45, 2.75) is 18.2 Å². The molecule has 0 spiro atoms. The van der Waals surface area contributed by atoms with Crippen LogP contribution in [0.4, 0.5) is 4.79 Å². The van der Waals surface area contributed by atoms with E-state index in [0.29, 0.717) is 16.3 Å². The zero-order valence-corrected chi connectivity index (χ0v) is 17.1. The minimum absolute atomic E-state index is 0.00121. The molecule has 0 aliphatic carbocycles. The fourth-order valence-corrected chi connectivity index (χ4v) is 3.66. The van der Waals surface area contributed by atoms with Crippen molar-refractivity contribution in [3.8, 4) is 0 Å². The molecule has 7 nitrogen and oxygen atoms in total. The second-order valence-electron chi connectivity index (χ2n) is 6.08. The summed E-state index contributed by atoms with van der Waals surface area (Å²) in [6.45, 7) is 1.77. The topological polar surface area (TPSA) is 90.0 Å². The fourth-order valence-electron chi connectivity index (χ4n) is 2.38. The van der Waals surface area contributed by atoms with E-state index in [9.17, 15) is 18.0 Å². The molecule has 0 fully saturated rings. The Balaban J connectivity index is 1.94. The lowest BCUT2D eigenvalue weighted by molar-refractivity contribution is 0.0511. The molecule has 154 valence electrons. The third-order valence-corrected chi connectivity index (χ3v) is 5.70. The monoisotopic (exact) mass is 417 g/mol. The Morgan fingerprint density at radius 2 is 1.66 bits per heavy atom. The standard InChI is InChI=1S/C21H23NO6S/c1-17-11-13-19(14-12-17)29(25,26)22(21(24)27-2)15-7-4-8-16-28-20(23)18-9-5-3-6-10-18/h3-7,9-14H,8,15-16H2,1-2H3/b7-4+. The van der Waals surface area contributed by atoms with Crippen molar-refractivity contribution in [2.24, 2.45) is 0 Å². The van der Waals surface area contributed by atoms with Crippen molar-refractivity contribution in [1.82, 2.24) is 4.31 Å². The highest BCUT2D eigenvalue weighted by atomic mass is 32.2. The normalized spacial score (nSPS) is 11.2. The van der Waals surface area contributed by atoms with Gasteiger partial charge in [0.05, 0.1) is 30.7 Å². The van der Waals surface area contributed by atoms with Crippen molar-refractivity contribution in [1.29, 1.82) is 0 Å². The molecule has 0 N–H and O–H groups in total. The largest absolute Gasteiger partial charge is 0.462 e. The molecule has 0 aliphatic heterocycles. The van der Waals surface area contributed by atoms with Crippen molar-refractivity contribution < 1.29 is 27.5 Å². The van der Waals surface area contributed by atoms with E-state index in [1.807, 2.05) is 6.92 Å². The van der Waals surface area contributed by atoms with Crippen molar-refractivity contribution in [2.75, 3.05) is 20.3 Å². The molecule has 0 saturated heterocycles. The van der Waals surface area contributed by atoms with Gasteiger partial charge in [0.2, 0.25) is 0 Å². The molecule has 2 aromatic carbocycles. The molecule has 0 bridgehead atoms. The van der Waals surface area contributed by atoms with Crippen LogP contribution in [0, 0.1) is 6.92 Å². The van der Waals surface area contributed by atoms with Crippen LogP contribution >= 0.6 is 0 Å². The second kappa shape index (κ2) is 10.4. The van der Waals surface area contributed by atoms with Crippen LogP contribution in [0.15, 0.2) is 71.6 Å². The summed E-state index contributed by atoms with van der Waals surface area (Å²) < 4.78 is 35.9. The maximum atomic E-state index is 12.7. The van der Waals surface area contributed by atoms with Gasteiger partial charge < -0.3 is 9.47 Å². The maximum absolute atomic E-state index is 12.7. The van der Waals surface area contributed by atoms with Crippen LogP contribution in [0.3, 0.4) is 0 Å². The van der Waals surface area contributed by atoms with Crippen LogP contribution in [0.5, 0.6) is 0 Å². The van der Waals surface area contributed by atoms with Gasteiger partial charge in [-0.25, -0.2) is 18.0 Å². The number of aryl methyl sites for hydroxylation is 1. The van der Waals surface area contributed by atoms with Gasteiger partial charge >= 0.3 is 12.1 Å². The molecule has 2 aromatic rings. The van der Waals surface area contributed by atoms with Gasteiger partial charge in [0.25, 0.3) is 10.0 Å². The van der Waals surface area contributed by atoms with Crippen LogP contribution < -0.4 is 0 Å². The zero-order valence-electron chi connectivity index (χ0n) is 16.3. The van der Waals surface area contributed by atoms with E-state index in [0.717, 1.165) is 12.7 Å². The minimum Gasteiger partial charge on any atom is -0.462 e. The Hall–Kier alpha value is -3.13. The molecule has 0 radical (unpaired) electrons. The lowest BCUT2D eigenvalue weighted by Gasteiger charge is -2.19. The van der Waals surface area contributed by atoms with Gasteiger partial charge in [-0.1, -0.05) is 48.0 Å². The van der Waals surface area contributed by atoms with Gasteiger partial charge in [-0.05, 0) is 37.6 Å². The summed E-state index contributed by atoms with van der Waals surface area (Å²) in [5.41, 5.74) is 1.36. The summed E-state index contributed by atoms with van der Waals surface area (Å²) in [6.07, 6.45) is 2.54. The molecule has 0 unspecified atom stereocenters. The number of hydrogen-bond acceptors (Lipinski definition) is 6. The molecule has 0 atom stereocenters. The lowest BCUT2D eigenvalue weighted by atomic mass is 10.2. The highest BCUT2D eigenvalue weighted by Crippen LogP contribution is 2.17. The van der Waals surface area contributed by atoms with E-state index >= 15 is 0 Å². The predicted octanol–water partition coefficient (Wildman–Crippen LogP) is 3.56. The van der Waals surface area contributed by atoms with E-state index in [1.54, 1.807) is 48.5 Å². The highest BCUT2D eigenvalue weighted by Gasteiger charge is 2.29. The predicted molar refractivity (Wildman–Crippen MR) is 108 cm³/mol. The summed E-state index contributed by atoms with van der Waals surface area (Å²) in [6, 6.07) is 14.8. The summed E-state index contributed by atoms with van der Waals surface area (Å²) in [4.78, 5) is 23.8. The van der Waals surface area contributed by atoms with Crippen LogP contribution in [0.25, 0.3) is 0 Å². The summed E-state index contributed by atoms with van der Waals surface area (Å²) >= 11 is 0. The first-order chi connectivity index (χ1) is 13.9. The number of esters is 1. The van der Waals surface area contributed by atoms with Gasteiger partial charge in [-0.15, -0.1) is 0 Å². The third-order valence-electron chi connectivity index (χ3n) is 3.95. The van der Waals surface area contributed by atoms with Gasteiger partial charge in [-0.3, -0.25) is 0 Å². The maximum Gasteiger partial charge on any atom is 0.423 e. The zero-order chi connectivity index (χ0) is 21.3. The Morgan fingerprint density at radius 3 is 2.28 bits per heavy atom. The summed E-state index contributed by atoms with van der Waals surface area (Å²) in [7, 11) is -2.93. The highest BCUT2D eigenvalue weighted by molar-refractivity contribution is 7.89. The molecular formula is C21H23NO6S. The molecule has 0 aromatic heterocycles. The van der Waals surface area contributed by atoms with Crippen molar-refractivity contribution >= 4 is 22.1 Å². The van der Waals surface area contributed by atoms with E-state index in [2.05, 4.69) is 4.74 Å². The van der Waals surface area contributed by atoms with Crippen LogP contribution in [0.2, 0.25) is 0 Å². The fraction of sp³-hybridized carbons (Fsp3) is 0.238. The number of methoxy groups -OCH3 is 1. The second-order valence-corrected chi connectivity index (χ2v) is 7.94. The number of hydrogen-bond donors (Lipinski definition) is 0. The SMILES string of the molecule is COC(=O)N(C/C=C/CCOC(=O)c1ccccc1)S(=O)(=O)c1ccc(C)cc1. The van der Waals surface area contributed by atoms with Crippen LogP contribution in [0.1, 0.15) is 22.3 Å². The number of sulfonamides is 1. The number of nitrogens with zero attached hydrogens (tertiary/aromatic N) is 1. The molecule has 1 amide bonds. The molecule has 29 heavy (non-hydrogen) atoms. The minimum atomic E-state index is -4.05. The van der Waals surface area contributed by atoms with Gasteiger partial charge in [0.1, 0.15) is 0 Å². The van der Waals surface area contributed by atoms with Crippen molar-refractivity contribution in [3.63, 3.8) is 0 Å². The Labute approximate surface area is 170 Å². The number of amides is 1. The quantitative estimate of drug-likeness (QED) is 0.371. The first-order valence-electron chi connectivity index (χ1n) is 8.91. The van der Waals surface area contributed by atoms with Crippen molar-refractivity contribution in [3.05, 3.63) is 77.9 Å². The number of benzene rings is 2. The molecule has 0 aliphatic rings. The third kappa shape index (κ3) is 6.18. The molecule has 8 heteroatoms. The number of rotatable bonds is 8. The van der Waals surface area contributed by atoms with Crippen LogP contribution in [-0.2, 0) is 19.5 Å². The summed E-state index contributed by atoms with van der Waals surface area (Å²) in [5.74, 6) is -0.433. The van der Waals surface area contributed by atoms with Gasteiger partial charge in [0.15, 0.2) is 0 Å². The first kappa shape index (κ1) is 22.2. The van der Waals surface area contributed by atoms with Gasteiger partial charge in [0, 0.05) is 0 Å². The first-order valence-corrected chi connectivity index (χ1v) is 10.3. The van der Waals surface area contributed by atoms with E-state index in [1.165, 1.54) is 18.2 Å². The summed E-state index contributed by atoms with van der Waals surface area (Å²) in [5, 5.41) is 0. The molecule has 2 rings (SSSR count). The molecular weight excluding hydrogens is 394 g/mol. The number of carbonyl (C=O) groups is 2. The average Bonchev–Trinajstić information content (AvgIpc) is 2.73. The number of ether oxygens (including phenoxy) is 2. The number of carbonyl (C=O) groups excluding carboxylic acids is 2. The Morgan fingerprint density at radius 1 is 1.00 bits per heavy atom.